The molecule has 0 bridgehead atoms. The molecule has 1 amide bonds. The van der Waals surface area contributed by atoms with Crippen molar-refractivity contribution in [2.45, 2.75) is 25.0 Å². The molecule has 0 aromatic heterocycles. The lowest BCUT2D eigenvalue weighted by molar-refractivity contribution is 0.0741. The molecule has 3 atom stereocenters. The Morgan fingerprint density at radius 1 is 0.815 bits per heavy atom. The lowest BCUT2D eigenvalue weighted by atomic mass is 9.76. The minimum Gasteiger partial charge on any atom is -0.388 e. The molecular weight excluding hydrogens is 334 g/mol. The fourth-order valence-electron chi connectivity index (χ4n) is 4.73. The van der Waals surface area contributed by atoms with E-state index in [1.165, 1.54) is 5.56 Å². The highest BCUT2D eigenvalue weighted by Gasteiger charge is 2.45. The number of aryl methyl sites for hydroxylation is 1. The number of nitrogens with zero attached hydrogens (tertiary/aromatic N) is 1. The fraction of sp³-hybridized carbons (Fsp3) is 0.208. The van der Waals surface area contributed by atoms with Gasteiger partial charge in [0.05, 0.1) is 12.1 Å². The molecule has 1 aliphatic carbocycles. The van der Waals surface area contributed by atoms with Crippen molar-refractivity contribution in [3.05, 3.63) is 101 Å². The van der Waals surface area contributed by atoms with Crippen LogP contribution in [0.25, 0.3) is 0 Å². The minimum atomic E-state index is -0.579. The molecule has 3 aromatic rings. The van der Waals surface area contributed by atoms with Crippen LogP contribution in [0.1, 0.15) is 45.6 Å². The lowest BCUT2D eigenvalue weighted by Crippen LogP contribution is -2.36. The van der Waals surface area contributed by atoms with Crippen molar-refractivity contribution in [2.75, 3.05) is 4.90 Å². The van der Waals surface area contributed by atoms with Crippen LogP contribution in [-0.2, 0) is 6.42 Å². The number of rotatable bonds is 2. The van der Waals surface area contributed by atoms with Crippen molar-refractivity contribution in [1.82, 2.24) is 0 Å². The minimum absolute atomic E-state index is 0.0212. The molecule has 3 aromatic carbocycles. The largest absolute Gasteiger partial charge is 0.388 e. The summed E-state index contributed by atoms with van der Waals surface area (Å²) in [5.41, 5.74) is 4.87. The molecule has 0 spiro atoms. The SMILES string of the molecule is O=C1c2ccccc2C(C2CCc3ccccc3C2O)N1c1ccccc1. The Bertz CT molecular complexity index is 998. The van der Waals surface area contributed by atoms with Gasteiger partial charge in [-0.15, -0.1) is 0 Å². The summed E-state index contributed by atoms with van der Waals surface area (Å²) in [5, 5.41) is 11.2. The highest BCUT2D eigenvalue weighted by molar-refractivity contribution is 6.11. The van der Waals surface area contributed by atoms with Crippen LogP contribution in [0.4, 0.5) is 5.69 Å². The van der Waals surface area contributed by atoms with Crippen LogP contribution in [0.3, 0.4) is 0 Å². The number of carbonyl (C=O) groups excluding carboxylic acids is 1. The zero-order valence-corrected chi connectivity index (χ0v) is 15.0. The van der Waals surface area contributed by atoms with Gasteiger partial charge in [-0.2, -0.15) is 0 Å². The molecule has 27 heavy (non-hydrogen) atoms. The standard InChI is InChI=1S/C24H21NO2/c26-23-18-11-5-4-8-16(18)14-15-21(23)22-19-12-6-7-13-20(19)24(27)25(22)17-9-2-1-3-10-17/h1-13,21-23,26H,14-15H2. The maximum Gasteiger partial charge on any atom is 0.259 e. The third kappa shape index (κ3) is 2.50. The number of para-hydroxylation sites is 1. The van der Waals surface area contributed by atoms with Gasteiger partial charge in [-0.05, 0) is 47.7 Å². The Labute approximate surface area is 158 Å². The van der Waals surface area contributed by atoms with Crippen LogP contribution in [0.15, 0.2) is 78.9 Å². The molecule has 1 N–H and O–H groups in total. The van der Waals surface area contributed by atoms with E-state index in [1.54, 1.807) is 0 Å². The number of benzene rings is 3. The van der Waals surface area contributed by atoms with Crippen LogP contribution in [0, 0.1) is 5.92 Å². The van der Waals surface area contributed by atoms with E-state index >= 15 is 0 Å². The summed E-state index contributed by atoms with van der Waals surface area (Å²) in [6.45, 7) is 0. The van der Waals surface area contributed by atoms with Crippen molar-refractivity contribution in [2.24, 2.45) is 5.92 Å². The van der Waals surface area contributed by atoms with E-state index in [0.717, 1.165) is 35.2 Å². The van der Waals surface area contributed by atoms with Crippen molar-refractivity contribution in [1.29, 1.82) is 0 Å². The quantitative estimate of drug-likeness (QED) is 0.725. The van der Waals surface area contributed by atoms with Gasteiger partial charge in [-0.3, -0.25) is 4.79 Å². The molecule has 5 rings (SSSR count). The second-order valence-electron chi connectivity index (χ2n) is 7.39. The van der Waals surface area contributed by atoms with E-state index in [2.05, 4.69) is 6.07 Å². The molecule has 3 heteroatoms. The van der Waals surface area contributed by atoms with Crippen molar-refractivity contribution in [3.8, 4) is 0 Å². The van der Waals surface area contributed by atoms with Crippen molar-refractivity contribution >= 4 is 11.6 Å². The maximum atomic E-state index is 13.2. The molecule has 0 saturated carbocycles. The van der Waals surface area contributed by atoms with Gasteiger partial charge in [-0.1, -0.05) is 60.7 Å². The zero-order valence-electron chi connectivity index (χ0n) is 15.0. The predicted molar refractivity (Wildman–Crippen MR) is 106 cm³/mol. The van der Waals surface area contributed by atoms with E-state index in [0.29, 0.717) is 0 Å². The van der Waals surface area contributed by atoms with E-state index < -0.39 is 6.10 Å². The number of hydrogen-bond donors (Lipinski definition) is 1. The van der Waals surface area contributed by atoms with Gasteiger partial charge < -0.3 is 10.0 Å². The Morgan fingerprint density at radius 2 is 1.48 bits per heavy atom. The second-order valence-corrected chi connectivity index (χ2v) is 7.39. The number of aliphatic hydroxyl groups is 1. The van der Waals surface area contributed by atoms with Gasteiger partial charge in [0.15, 0.2) is 0 Å². The number of hydrogen-bond acceptors (Lipinski definition) is 2. The second kappa shape index (κ2) is 6.36. The highest BCUT2D eigenvalue weighted by atomic mass is 16.3. The Kier molecular flexibility index (Phi) is 3.83. The summed E-state index contributed by atoms with van der Waals surface area (Å²) in [4.78, 5) is 15.1. The zero-order chi connectivity index (χ0) is 18.4. The van der Waals surface area contributed by atoms with Crippen LogP contribution in [-0.4, -0.2) is 11.0 Å². The molecule has 134 valence electrons. The van der Waals surface area contributed by atoms with Crippen molar-refractivity contribution < 1.29 is 9.90 Å². The predicted octanol–water partition coefficient (Wildman–Crippen LogP) is 4.68. The number of anilines is 1. The van der Waals surface area contributed by atoms with Crippen LogP contribution < -0.4 is 4.90 Å². The van der Waals surface area contributed by atoms with Crippen LogP contribution >= 0.6 is 0 Å². The molecule has 3 unspecified atom stereocenters. The molecule has 0 saturated heterocycles. The summed E-state index contributed by atoms with van der Waals surface area (Å²) in [5.74, 6) is -0.0134. The highest BCUT2D eigenvalue weighted by Crippen LogP contribution is 2.49. The average Bonchev–Trinajstić information content (AvgIpc) is 3.02. The number of amides is 1. The Hall–Kier alpha value is -2.91. The Balaban J connectivity index is 1.63. The first kappa shape index (κ1) is 16.3. The lowest BCUT2D eigenvalue weighted by Gasteiger charge is -2.38. The summed E-state index contributed by atoms with van der Waals surface area (Å²) < 4.78 is 0. The topological polar surface area (TPSA) is 40.5 Å². The summed E-state index contributed by atoms with van der Waals surface area (Å²) >= 11 is 0. The van der Waals surface area contributed by atoms with E-state index in [1.807, 2.05) is 77.7 Å². The monoisotopic (exact) mass is 355 g/mol. The third-order valence-electron chi connectivity index (χ3n) is 5.97. The molecule has 2 aliphatic rings. The third-order valence-corrected chi connectivity index (χ3v) is 5.97. The molecule has 0 radical (unpaired) electrons. The summed E-state index contributed by atoms with van der Waals surface area (Å²) in [7, 11) is 0. The van der Waals surface area contributed by atoms with Gasteiger partial charge in [0, 0.05) is 17.2 Å². The molecule has 1 aliphatic heterocycles. The van der Waals surface area contributed by atoms with Gasteiger partial charge in [-0.25, -0.2) is 0 Å². The van der Waals surface area contributed by atoms with Gasteiger partial charge in [0.25, 0.3) is 5.91 Å². The van der Waals surface area contributed by atoms with Crippen LogP contribution in [0.2, 0.25) is 0 Å². The van der Waals surface area contributed by atoms with Gasteiger partial charge >= 0.3 is 0 Å². The van der Waals surface area contributed by atoms with E-state index in [4.69, 9.17) is 0 Å². The Morgan fingerprint density at radius 3 is 2.30 bits per heavy atom. The van der Waals surface area contributed by atoms with Crippen molar-refractivity contribution in [3.63, 3.8) is 0 Å². The number of carbonyl (C=O) groups is 1. The normalized spacial score (nSPS) is 23.8. The number of aliphatic hydroxyl groups excluding tert-OH is 1. The molecular formula is C24H21NO2. The molecule has 3 nitrogen and oxygen atoms in total. The first-order valence-electron chi connectivity index (χ1n) is 9.49. The molecule has 1 heterocycles. The van der Waals surface area contributed by atoms with Crippen LogP contribution in [0.5, 0.6) is 0 Å². The smallest absolute Gasteiger partial charge is 0.259 e. The van der Waals surface area contributed by atoms with Gasteiger partial charge in [0.1, 0.15) is 0 Å². The summed E-state index contributed by atoms with van der Waals surface area (Å²) in [6, 6.07) is 25.6. The first-order valence-corrected chi connectivity index (χ1v) is 9.49. The summed E-state index contributed by atoms with van der Waals surface area (Å²) in [6.07, 6.45) is 1.20. The fourth-order valence-corrected chi connectivity index (χ4v) is 4.73. The maximum absolute atomic E-state index is 13.2. The van der Waals surface area contributed by atoms with Gasteiger partial charge in [0.2, 0.25) is 0 Å². The molecule has 0 fully saturated rings. The van der Waals surface area contributed by atoms with E-state index in [9.17, 15) is 9.90 Å². The number of fused-ring (bicyclic) bond motifs is 2. The average molecular weight is 355 g/mol. The first-order chi connectivity index (χ1) is 13.3. The van der Waals surface area contributed by atoms with E-state index in [-0.39, 0.29) is 17.9 Å².